The van der Waals surface area contributed by atoms with Gasteiger partial charge >= 0.3 is 0 Å². The summed E-state index contributed by atoms with van der Waals surface area (Å²) in [6.07, 6.45) is 0. The number of phenols is 1. The first kappa shape index (κ1) is 14.0. The van der Waals surface area contributed by atoms with E-state index in [0.717, 1.165) is 0 Å². The molecule has 0 unspecified atom stereocenters. The van der Waals surface area contributed by atoms with E-state index in [9.17, 15) is 9.90 Å². The van der Waals surface area contributed by atoms with Crippen LogP contribution >= 0.6 is 15.9 Å². The number of hydrogen-bond acceptors (Lipinski definition) is 4. The molecule has 0 radical (unpaired) electrons. The van der Waals surface area contributed by atoms with Gasteiger partial charge in [0.15, 0.2) is 0 Å². The van der Waals surface area contributed by atoms with Crippen molar-refractivity contribution in [1.29, 1.82) is 0 Å². The van der Waals surface area contributed by atoms with Gasteiger partial charge < -0.3 is 20.3 Å². The maximum atomic E-state index is 11.6. The van der Waals surface area contributed by atoms with Crippen LogP contribution in [-0.2, 0) is 4.74 Å². The maximum absolute atomic E-state index is 11.6. The molecule has 1 aromatic carbocycles. The van der Waals surface area contributed by atoms with Crippen molar-refractivity contribution in [1.82, 2.24) is 5.32 Å². The van der Waals surface area contributed by atoms with Crippen LogP contribution in [0.5, 0.6) is 5.75 Å². The second kappa shape index (κ2) is 7.26. The van der Waals surface area contributed by atoms with E-state index in [2.05, 4.69) is 21.2 Å². The van der Waals surface area contributed by atoms with Crippen molar-refractivity contribution in [3.63, 3.8) is 0 Å². The summed E-state index contributed by atoms with van der Waals surface area (Å²) in [4.78, 5) is 11.6. The third-order valence-corrected chi connectivity index (χ3v) is 2.47. The van der Waals surface area contributed by atoms with Crippen LogP contribution in [-0.4, -0.2) is 42.5 Å². The van der Waals surface area contributed by atoms with Gasteiger partial charge in [0.1, 0.15) is 5.75 Å². The molecule has 0 aliphatic carbocycles. The van der Waals surface area contributed by atoms with Crippen LogP contribution in [0.25, 0.3) is 0 Å². The quantitative estimate of drug-likeness (QED) is 0.682. The molecule has 0 aliphatic heterocycles. The minimum absolute atomic E-state index is 0.0402. The van der Waals surface area contributed by atoms with Gasteiger partial charge in [0.25, 0.3) is 5.91 Å². The molecule has 0 spiro atoms. The second-order valence-electron chi connectivity index (χ2n) is 3.25. The Morgan fingerprint density at radius 1 is 1.41 bits per heavy atom. The molecule has 0 bridgehead atoms. The first-order valence-corrected chi connectivity index (χ1v) is 5.89. The van der Waals surface area contributed by atoms with Gasteiger partial charge in [-0.05, 0) is 18.2 Å². The van der Waals surface area contributed by atoms with Crippen LogP contribution in [0.2, 0.25) is 0 Å². The smallest absolute Gasteiger partial charge is 0.255 e. The van der Waals surface area contributed by atoms with E-state index in [1.807, 2.05) is 0 Å². The molecule has 0 saturated heterocycles. The average Bonchev–Trinajstić information content (AvgIpc) is 2.28. The minimum Gasteiger partial charge on any atom is -0.507 e. The van der Waals surface area contributed by atoms with Crippen LogP contribution in [0, 0.1) is 0 Å². The summed E-state index contributed by atoms with van der Waals surface area (Å²) >= 11 is 3.19. The molecule has 5 nitrogen and oxygen atoms in total. The normalized spacial score (nSPS) is 10.2. The highest BCUT2D eigenvalue weighted by Crippen LogP contribution is 2.21. The highest BCUT2D eigenvalue weighted by molar-refractivity contribution is 9.10. The number of phenolic OH excluding ortho intramolecular Hbond substituents is 1. The zero-order valence-electron chi connectivity index (χ0n) is 9.15. The van der Waals surface area contributed by atoms with Crippen LogP contribution in [0.3, 0.4) is 0 Å². The lowest BCUT2D eigenvalue weighted by Crippen LogP contribution is -2.27. The highest BCUT2D eigenvalue weighted by Gasteiger charge is 2.10. The van der Waals surface area contributed by atoms with Crippen molar-refractivity contribution in [2.24, 2.45) is 0 Å². The van der Waals surface area contributed by atoms with Crippen molar-refractivity contribution in [2.45, 2.75) is 0 Å². The van der Waals surface area contributed by atoms with E-state index in [1.54, 1.807) is 6.07 Å². The van der Waals surface area contributed by atoms with Crippen molar-refractivity contribution in [2.75, 3.05) is 26.4 Å². The number of ether oxygens (including phenoxy) is 1. The largest absolute Gasteiger partial charge is 0.507 e. The van der Waals surface area contributed by atoms with Crippen LogP contribution in [0.15, 0.2) is 22.7 Å². The fourth-order valence-corrected chi connectivity index (χ4v) is 1.54. The van der Waals surface area contributed by atoms with Crippen molar-refractivity contribution < 1.29 is 19.7 Å². The van der Waals surface area contributed by atoms with Gasteiger partial charge in [-0.25, -0.2) is 0 Å². The van der Waals surface area contributed by atoms with Crippen molar-refractivity contribution in [3.8, 4) is 5.75 Å². The van der Waals surface area contributed by atoms with Gasteiger partial charge in [-0.3, -0.25) is 4.79 Å². The molecule has 3 N–H and O–H groups in total. The summed E-state index contributed by atoms with van der Waals surface area (Å²) in [6, 6.07) is 4.66. The van der Waals surface area contributed by atoms with Gasteiger partial charge in [-0.2, -0.15) is 0 Å². The number of amides is 1. The molecule has 0 atom stereocenters. The summed E-state index contributed by atoms with van der Waals surface area (Å²) in [7, 11) is 0. The first-order valence-electron chi connectivity index (χ1n) is 5.10. The third-order valence-electron chi connectivity index (χ3n) is 1.97. The van der Waals surface area contributed by atoms with Crippen LogP contribution in [0.1, 0.15) is 10.4 Å². The Morgan fingerprint density at radius 2 is 2.18 bits per heavy atom. The number of carbonyl (C=O) groups excluding carboxylic acids is 1. The van der Waals surface area contributed by atoms with Gasteiger partial charge in [0.2, 0.25) is 0 Å². The predicted octanol–water partition coefficient (Wildman–Crippen LogP) is 0.893. The lowest BCUT2D eigenvalue weighted by molar-refractivity contribution is 0.0836. The van der Waals surface area contributed by atoms with Gasteiger partial charge in [0.05, 0.1) is 25.4 Å². The van der Waals surface area contributed by atoms with Gasteiger partial charge in [0, 0.05) is 11.0 Å². The summed E-state index contributed by atoms with van der Waals surface area (Å²) in [6.45, 7) is 0.860. The Hall–Kier alpha value is -1.11. The third kappa shape index (κ3) is 4.72. The summed E-state index contributed by atoms with van der Waals surface area (Å²) in [5.41, 5.74) is 0.218. The molecule has 0 saturated carbocycles. The summed E-state index contributed by atoms with van der Waals surface area (Å²) in [5.74, 6) is -0.434. The Kier molecular flexibility index (Phi) is 5.96. The minimum atomic E-state index is -0.359. The Balaban J connectivity index is 2.42. The lowest BCUT2D eigenvalue weighted by atomic mass is 10.2. The number of benzene rings is 1. The van der Waals surface area contributed by atoms with Gasteiger partial charge in [-0.15, -0.1) is 0 Å². The summed E-state index contributed by atoms with van der Waals surface area (Å²) < 4.78 is 5.69. The van der Waals surface area contributed by atoms with E-state index in [1.165, 1.54) is 12.1 Å². The standard InChI is InChI=1S/C11H14BrNO4/c12-8-1-2-9(10(15)7-8)11(16)13-3-5-17-6-4-14/h1-2,7,14-15H,3-6H2,(H,13,16). The number of hydrogen-bond donors (Lipinski definition) is 3. The van der Waals surface area contributed by atoms with Crippen LogP contribution < -0.4 is 5.32 Å². The SMILES string of the molecule is O=C(NCCOCCO)c1ccc(Br)cc1O. The first-order chi connectivity index (χ1) is 8.15. The number of aliphatic hydroxyl groups excluding tert-OH is 1. The van der Waals surface area contributed by atoms with Crippen molar-refractivity contribution >= 4 is 21.8 Å². The van der Waals surface area contributed by atoms with E-state index in [4.69, 9.17) is 9.84 Å². The Labute approximate surface area is 108 Å². The predicted molar refractivity (Wildman–Crippen MR) is 66.0 cm³/mol. The molecule has 0 aromatic heterocycles. The Bertz CT molecular complexity index is 384. The Morgan fingerprint density at radius 3 is 2.82 bits per heavy atom. The van der Waals surface area contributed by atoms with Crippen LogP contribution in [0.4, 0.5) is 0 Å². The molecule has 94 valence electrons. The summed E-state index contributed by atoms with van der Waals surface area (Å²) in [5, 5.41) is 20.6. The zero-order chi connectivity index (χ0) is 12.7. The van der Waals surface area contributed by atoms with Crippen molar-refractivity contribution in [3.05, 3.63) is 28.2 Å². The maximum Gasteiger partial charge on any atom is 0.255 e. The molecular weight excluding hydrogens is 290 g/mol. The number of carbonyl (C=O) groups is 1. The molecule has 17 heavy (non-hydrogen) atoms. The van der Waals surface area contributed by atoms with E-state index < -0.39 is 0 Å². The molecule has 0 heterocycles. The molecule has 0 aliphatic rings. The van der Waals surface area contributed by atoms with E-state index in [-0.39, 0.29) is 30.4 Å². The number of aliphatic hydroxyl groups is 1. The lowest BCUT2D eigenvalue weighted by Gasteiger charge is -2.07. The average molecular weight is 304 g/mol. The molecule has 6 heteroatoms. The number of rotatable bonds is 6. The molecular formula is C11H14BrNO4. The highest BCUT2D eigenvalue weighted by atomic mass is 79.9. The molecule has 1 aromatic rings. The van der Waals surface area contributed by atoms with E-state index in [0.29, 0.717) is 17.6 Å². The zero-order valence-corrected chi connectivity index (χ0v) is 10.7. The molecule has 0 fully saturated rings. The topological polar surface area (TPSA) is 78.8 Å². The molecule has 1 amide bonds. The number of aromatic hydroxyl groups is 1. The molecule has 1 rings (SSSR count). The fourth-order valence-electron chi connectivity index (χ4n) is 1.20. The van der Waals surface area contributed by atoms with E-state index >= 15 is 0 Å². The fraction of sp³-hybridized carbons (Fsp3) is 0.364. The monoisotopic (exact) mass is 303 g/mol. The second-order valence-corrected chi connectivity index (χ2v) is 4.17. The number of halogens is 1. The number of nitrogens with one attached hydrogen (secondary N) is 1. The van der Waals surface area contributed by atoms with Gasteiger partial charge in [-0.1, -0.05) is 15.9 Å².